The van der Waals surface area contributed by atoms with E-state index in [0.29, 0.717) is 29.5 Å². The highest BCUT2D eigenvalue weighted by Gasteiger charge is 2.81. The van der Waals surface area contributed by atoms with E-state index in [2.05, 4.69) is 0 Å². The number of ketones is 2. The van der Waals surface area contributed by atoms with E-state index in [1.807, 2.05) is 73.6 Å². The second-order valence-corrected chi connectivity index (χ2v) is 12.9. The molecule has 4 bridgehead atoms. The van der Waals surface area contributed by atoms with Crippen molar-refractivity contribution < 1.29 is 29.3 Å². The number of carbonyl (C=O) groups excluding carboxylic acids is 2. The molecule has 1 saturated carbocycles. The van der Waals surface area contributed by atoms with Crippen LogP contribution < -0.4 is 4.74 Å². The molecular weight excluding hydrogens is 492 g/mol. The third-order valence-corrected chi connectivity index (χ3v) is 8.92. The Labute approximate surface area is 231 Å². The first-order valence-corrected chi connectivity index (χ1v) is 13.9. The number of fused-ring (bicyclic) bond motifs is 1. The number of Topliss-reactive ketones (excluding diaryl/α,β-unsaturated/α-hetero) is 2. The number of hydrogen-bond donors (Lipinski definition) is 2. The van der Waals surface area contributed by atoms with E-state index in [9.17, 15) is 19.8 Å². The van der Waals surface area contributed by atoms with Gasteiger partial charge in [0.15, 0.2) is 22.8 Å². The third-order valence-electron chi connectivity index (χ3n) is 8.92. The monoisotopic (exact) mass is 532 g/mol. The zero-order valence-electron chi connectivity index (χ0n) is 24.3. The van der Waals surface area contributed by atoms with Crippen LogP contribution in [0.15, 0.2) is 46.6 Å². The number of allylic oxidation sites excluding steroid dienone is 6. The lowest BCUT2D eigenvalue weighted by atomic mass is 9.51. The number of ether oxygens (including phenoxy) is 2. The van der Waals surface area contributed by atoms with Gasteiger partial charge in [-0.3, -0.25) is 9.59 Å². The quantitative estimate of drug-likeness (QED) is 0.408. The fraction of sp³-hybridized carbons (Fsp3) is 0.515. The van der Waals surface area contributed by atoms with E-state index in [0.717, 1.165) is 16.7 Å². The summed E-state index contributed by atoms with van der Waals surface area (Å²) >= 11 is 0. The lowest BCUT2D eigenvalue weighted by Crippen LogP contribution is -2.72. The Morgan fingerprint density at radius 1 is 0.923 bits per heavy atom. The van der Waals surface area contributed by atoms with Gasteiger partial charge in [-0.25, -0.2) is 0 Å². The maximum atomic E-state index is 14.5. The van der Waals surface area contributed by atoms with Crippen molar-refractivity contribution >= 4 is 11.6 Å². The molecule has 6 heteroatoms. The molecule has 0 radical (unpaired) electrons. The molecule has 6 nitrogen and oxygen atoms in total. The first kappa shape index (κ1) is 27.4. The van der Waals surface area contributed by atoms with Crippen molar-refractivity contribution in [3.05, 3.63) is 63.3 Å². The van der Waals surface area contributed by atoms with Crippen LogP contribution in [0.5, 0.6) is 17.2 Å². The lowest BCUT2D eigenvalue weighted by molar-refractivity contribution is -0.171. The van der Waals surface area contributed by atoms with Crippen molar-refractivity contribution in [2.24, 2.45) is 11.8 Å². The molecule has 5 aliphatic rings. The highest BCUT2D eigenvalue weighted by atomic mass is 16.6. The van der Waals surface area contributed by atoms with Gasteiger partial charge in [-0.2, -0.15) is 0 Å². The van der Waals surface area contributed by atoms with Gasteiger partial charge in [0, 0.05) is 35.0 Å². The average Bonchev–Trinajstić information content (AvgIpc) is 2.99. The minimum atomic E-state index is -1.38. The maximum Gasteiger partial charge on any atom is 0.200 e. The normalized spacial score (nSPS) is 29.2. The van der Waals surface area contributed by atoms with Crippen molar-refractivity contribution in [3.8, 4) is 17.2 Å². The van der Waals surface area contributed by atoms with Crippen LogP contribution in [-0.2, 0) is 22.4 Å². The Hall–Kier alpha value is -3.12. The van der Waals surface area contributed by atoms with Crippen LogP contribution in [-0.4, -0.2) is 38.6 Å². The summed E-state index contributed by atoms with van der Waals surface area (Å²) in [5.41, 5.74) is 0.856. The zero-order valence-corrected chi connectivity index (χ0v) is 24.3. The molecule has 0 aromatic heterocycles. The minimum absolute atomic E-state index is 0.0635. The number of aromatic hydroxyl groups is 2. The molecule has 1 aromatic rings. The van der Waals surface area contributed by atoms with Crippen LogP contribution in [0, 0.1) is 11.8 Å². The van der Waals surface area contributed by atoms with Gasteiger partial charge >= 0.3 is 0 Å². The van der Waals surface area contributed by atoms with E-state index < -0.39 is 22.7 Å². The molecule has 0 unspecified atom stereocenters. The number of hydrogen-bond acceptors (Lipinski definition) is 6. The van der Waals surface area contributed by atoms with Gasteiger partial charge in [0.05, 0.1) is 5.60 Å². The predicted molar refractivity (Wildman–Crippen MR) is 150 cm³/mol. The zero-order chi connectivity index (χ0) is 28.7. The number of phenolic OH excluding ortho intramolecular Hbond substituents is 2. The van der Waals surface area contributed by atoms with E-state index in [-0.39, 0.29) is 53.1 Å². The Balaban J connectivity index is 1.82. The molecule has 1 spiro atoms. The average molecular weight is 533 g/mol. The summed E-state index contributed by atoms with van der Waals surface area (Å²) in [6.07, 6.45) is 9.00. The van der Waals surface area contributed by atoms with Crippen LogP contribution >= 0.6 is 0 Å². The molecule has 0 amide bonds. The standard InChI is InChI=1S/C33H40O6/c1-17(2)9-11-21-26(34)22(12-10-18(3)4)29-25(27(21)35)28(36)23-15-20-16-24-31(7,8)39-32(30(20)37,14-13-19(5)6)33(23,24)38-29/h9-10,13,15,20,24,34-35H,11-12,14,16H2,1-8H3/t20-,24+,32+,33-/m1/s1. The molecule has 2 N–H and O–H groups in total. The minimum Gasteiger partial charge on any atom is -0.507 e. The Morgan fingerprint density at radius 3 is 2.10 bits per heavy atom. The van der Waals surface area contributed by atoms with Gasteiger partial charge in [0.2, 0.25) is 0 Å². The number of carbonyl (C=O) groups is 2. The van der Waals surface area contributed by atoms with Crippen LogP contribution in [0.4, 0.5) is 0 Å². The number of phenols is 2. The Bertz CT molecular complexity index is 1410. The summed E-state index contributed by atoms with van der Waals surface area (Å²) in [5, 5.41) is 23.0. The largest absolute Gasteiger partial charge is 0.507 e. The van der Waals surface area contributed by atoms with E-state index in [1.54, 1.807) is 6.08 Å². The van der Waals surface area contributed by atoms with Gasteiger partial charge < -0.3 is 19.7 Å². The topological polar surface area (TPSA) is 93.1 Å². The second kappa shape index (κ2) is 8.95. The van der Waals surface area contributed by atoms with Crippen molar-refractivity contribution in [1.29, 1.82) is 0 Å². The Kier molecular flexibility index (Phi) is 6.30. The molecule has 2 aliphatic heterocycles. The summed E-state index contributed by atoms with van der Waals surface area (Å²) < 4.78 is 13.7. The smallest absolute Gasteiger partial charge is 0.200 e. The number of rotatable bonds is 6. The second-order valence-electron chi connectivity index (χ2n) is 12.9. The molecule has 208 valence electrons. The lowest BCUT2D eigenvalue weighted by Gasteiger charge is -2.56. The molecular formula is C33H40O6. The van der Waals surface area contributed by atoms with Crippen LogP contribution in [0.1, 0.15) is 89.7 Å². The van der Waals surface area contributed by atoms with E-state index >= 15 is 0 Å². The fourth-order valence-electron chi connectivity index (χ4n) is 7.10. The van der Waals surface area contributed by atoms with Gasteiger partial charge in [-0.1, -0.05) is 41.0 Å². The van der Waals surface area contributed by atoms with Gasteiger partial charge in [0.25, 0.3) is 0 Å². The predicted octanol–water partition coefficient (Wildman–Crippen LogP) is 6.48. The first-order valence-electron chi connectivity index (χ1n) is 13.9. The molecule has 2 heterocycles. The van der Waals surface area contributed by atoms with Crippen LogP contribution in [0.3, 0.4) is 0 Å². The molecule has 39 heavy (non-hydrogen) atoms. The van der Waals surface area contributed by atoms with Gasteiger partial charge in [-0.05, 0) is 74.7 Å². The summed E-state index contributed by atoms with van der Waals surface area (Å²) in [4.78, 5) is 28.5. The van der Waals surface area contributed by atoms with Crippen molar-refractivity contribution in [3.63, 3.8) is 0 Å². The van der Waals surface area contributed by atoms with Gasteiger partial charge in [-0.15, -0.1) is 0 Å². The highest BCUT2D eigenvalue weighted by molar-refractivity contribution is 6.18. The van der Waals surface area contributed by atoms with Gasteiger partial charge in [0.1, 0.15) is 22.8 Å². The maximum absolute atomic E-state index is 14.5. The van der Waals surface area contributed by atoms with Crippen molar-refractivity contribution in [2.75, 3.05) is 0 Å². The SMILES string of the molecule is CC(C)=CCc1c(O)c(CC=C(C)C)c2c(c1O)C(=O)C1=C[C@@H]3C[C@H]4C(C)(C)O[C@@](CC=C(C)C)(C3=O)[C@@]14O2. The molecule has 4 atom stereocenters. The third kappa shape index (κ3) is 3.71. The summed E-state index contributed by atoms with van der Waals surface area (Å²) in [6, 6.07) is 0. The summed E-state index contributed by atoms with van der Waals surface area (Å²) in [7, 11) is 0. The summed E-state index contributed by atoms with van der Waals surface area (Å²) in [6.45, 7) is 15.7. The molecule has 2 fully saturated rings. The Morgan fingerprint density at radius 2 is 1.51 bits per heavy atom. The summed E-state index contributed by atoms with van der Waals surface area (Å²) in [5.74, 6) is -1.33. The van der Waals surface area contributed by atoms with Crippen LogP contribution in [0.25, 0.3) is 0 Å². The van der Waals surface area contributed by atoms with E-state index in [4.69, 9.17) is 9.47 Å². The molecule has 1 saturated heterocycles. The molecule has 3 aliphatic carbocycles. The molecule has 1 aromatic carbocycles. The molecule has 6 rings (SSSR count). The first-order chi connectivity index (χ1) is 18.2. The van der Waals surface area contributed by atoms with E-state index in [1.165, 1.54) is 0 Å². The van der Waals surface area contributed by atoms with Crippen molar-refractivity contribution in [1.82, 2.24) is 0 Å². The fourth-order valence-corrected chi connectivity index (χ4v) is 7.10. The highest BCUT2D eigenvalue weighted by Crippen LogP contribution is 2.68. The van der Waals surface area contributed by atoms with Crippen molar-refractivity contribution in [2.45, 2.75) is 97.9 Å². The number of benzene rings is 1. The van der Waals surface area contributed by atoms with Crippen LogP contribution in [0.2, 0.25) is 0 Å².